The molecule has 2 heterocycles. The molecular formula is C24H21NO6. The molecule has 3 aromatic rings. The van der Waals surface area contributed by atoms with Crippen LogP contribution < -0.4 is 5.63 Å². The second-order valence-corrected chi connectivity index (χ2v) is 7.57. The molecule has 1 aliphatic heterocycles. The highest BCUT2D eigenvalue weighted by Gasteiger charge is 2.30. The number of carbonyl (C=O) groups is 3. The number of ether oxygens (including phenoxy) is 1. The summed E-state index contributed by atoms with van der Waals surface area (Å²) < 4.78 is 10.6. The highest BCUT2D eigenvalue weighted by molar-refractivity contribution is 6.09. The number of amides is 2. The van der Waals surface area contributed by atoms with Crippen molar-refractivity contribution >= 4 is 28.8 Å². The first kappa shape index (κ1) is 20.5. The lowest BCUT2D eigenvalue weighted by Gasteiger charge is -2.26. The number of nitrogens with zero attached hydrogens (tertiary/aromatic N) is 1. The van der Waals surface area contributed by atoms with Crippen LogP contribution in [0.4, 0.5) is 0 Å². The summed E-state index contributed by atoms with van der Waals surface area (Å²) in [5.74, 6) is -1.31. The number of benzene rings is 2. The molecule has 0 saturated heterocycles. The normalized spacial score (nSPS) is 13.4. The third-order valence-electron chi connectivity index (χ3n) is 5.58. The first-order valence-electron chi connectivity index (χ1n) is 9.96. The van der Waals surface area contributed by atoms with Gasteiger partial charge in [0.1, 0.15) is 12.2 Å². The fourth-order valence-corrected chi connectivity index (χ4v) is 3.70. The number of rotatable bonds is 5. The molecule has 2 aromatic carbocycles. The van der Waals surface area contributed by atoms with Gasteiger partial charge in [0, 0.05) is 29.1 Å². The Morgan fingerprint density at radius 1 is 1.10 bits per heavy atom. The minimum absolute atomic E-state index is 0.0547. The van der Waals surface area contributed by atoms with Crippen LogP contribution >= 0.6 is 0 Å². The quantitative estimate of drug-likeness (QED) is 0.358. The predicted octanol–water partition coefficient (Wildman–Crippen LogP) is 3.07. The third-order valence-corrected chi connectivity index (χ3v) is 5.58. The van der Waals surface area contributed by atoms with Gasteiger partial charge in [0.15, 0.2) is 0 Å². The van der Waals surface area contributed by atoms with E-state index in [1.54, 1.807) is 24.3 Å². The van der Waals surface area contributed by atoms with E-state index in [1.165, 1.54) is 6.07 Å². The minimum atomic E-state index is -0.565. The summed E-state index contributed by atoms with van der Waals surface area (Å²) in [6.45, 7) is 3.62. The van der Waals surface area contributed by atoms with Gasteiger partial charge in [0.2, 0.25) is 5.91 Å². The number of imide groups is 1. The second-order valence-electron chi connectivity index (χ2n) is 7.57. The van der Waals surface area contributed by atoms with Gasteiger partial charge in [-0.15, -0.1) is 0 Å². The fraction of sp³-hybridized carbons (Fsp3) is 0.250. The average Bonchev–Trinajstić information content (AvgIpc) is 2.74. The number of fused-ring (bicyclic) bond motifs is 2. The average molecular weight is 419 g/mol. The van der Waals surface area contributed by atoms with Crippen molar-refractivity contribution in [1.29, 1.82) is 0 Å². The topological polar surface area (TPSA) is 93.9 Å². The van der Waals surface area contributed by atoms with Crippen LogP contribution in [-0.2, 0) is 27.4 Å². The largest absolute Gasteiger partial charge is 0.461 e. The summed E-state index contributed by atoms with van der Waals surface area (Å²) >= 11 is 0. The highest BCUT2D eigenvalue weighted by atomic mass is 16.5. The van der Waals surface area contributed by atoms with Crippen LogP contribution in [0.15, 0.2) is 51.7 Å². The van der Waals surface area contributed by atoms with E-state index in [1.807, 2.05) is 26.0 Å². The molecule has 7 heteroatoms. The van der Waals surface area contributed by atoms with Gasteiger partial charge < -0.3 is 9.15 Å². The van der Waals surface area contributed by atoms with Gasteiger partial charge in [0.25, 0.3) is 5.91 Å². The second kappa shape index (κ2) is 8.18. The van der Waals surface area contributed by atoms with Crippen molar-refractivity contribution in [3.8, 4) is 0 Å². The number of aryl methyl sites for hydroxylation is 2. The summed E-state index contributed by atoms with van der Waals surface area (Å²) in [7, 11) is 0. The molecule has 0 saturated carbocycles. The van der Waals surface area contributed by atoms with Crippen molar-refractivity contribution in [2.75, 3.05) is 6.54 Å². The Balaban J connectivity index is 1.43. The van der Waals surface area contributed by atoms with Crippen LogP contribution in [0.2, 0.25) is 0 Å². The Bertz CT molecular complexity index is 1270. The molecular weight excluding hydrogens is 398 g/mol. The molecule has 1 aromatic heterocycles. The molecule has 0 bridgehead atoms. The van der Waals surface area contributed by atoms with E-state index in [0.717, 1.165) is 16.0 Å². The van der Waals surface area contributed by atoms with Crippen molar-refractivity contribution in [1.82, 2.24) is 4.90 Å². The van der Waals surface area contributed by atoms with E-state index in [0.29, 0.717) is 27.7 Å². The number of carbonyl (C=O) groups excluding carboxylic acids is 3. The first-order chi connectivity index (χ1) is 14.8. The highest BCUT2D eigenvalue weighted by Crippen LogP contribution is 2.24. The maximum atomic E-state index is 12.6. The van der Waals surface area contributed by atoms with Gasteiger partial charge in [0.05, 0.1) is 12.8 Å². The molecule has 1 aliphatic rings. The molecule has 0 spiro atoms. The molecule has 7 nitrogen and oxygen atoms in total. The zero-order chi connectivity index (χ0) is 22.1. The fourth-order valence-electron chi connectivity index (χ4n) is 3.70. The van der Waals surface area contributed by atoms with E-state index in [9.17, 15) is 19.2 Å². The van der Waals surface area contributed by atoms with Crippen molar-refractivity contribution < 1.29 is 23.5 Å². The smallest absolute Gasteiger partial charge is 0.336 e. The van der Waals surface area contributed by atoms with Gasteiger partial charge in [-0.2, -0.15) is 0 Å². The lowest BCUT2D eigenvalue weighted by Crippen LogP contribution is -2.43. The van der Waals surface area contributed by atoms with Gasteiger partial charge in [-0.25, -0.2) is 4.79 Å². The lowest BCUT2D eigenvalue weighted by molar-refractivity contribution is -0.145. The van der Waals surface area contributed by atoms with Crippen molar-refractivity contribution in [2.24, 2.45) is 0 Å². The van der Waals surface area contributed by atoms with Crippen LogP contribution in [0.3, 0.4) is 0 Å². The van der Waals surface area contributed by atoms with Crippen LogP contribution in [0, 0.1) is 13.8 Å². The molecule has 4 rings (SSSR count). The minimum Gasteiger partial charge on any atom is -0.461 e. The van der Waals surface area contributed by atoms with Crippen LogP contribution in [0.25, 0.3) is 11.0 Å². The molecule has 0 radical (unpaired) electrons. The van der Waals surface area contributed by atoms with Crippen molar-refractivity contribution in [3.05, 3.63) is 80.7 Å². The van der Waals surface area contributed by atoms with Crippen LogP contribution in [0.5, 0.6) is 0 Å². The first-order valence-corrected chi connectivity index (χ1v) is 9.96. The zero-order valence-electron chi connectivity index (χ0n) is 17.3. The summed E-state index contributed by atoms with van der Waals surface area (Å²) in [6, 6.07) is 12.0. The maximum absolute atomic E-state index is 12.6. The van der Waals surface area contributed by atoms with Gasteiger partial charge in [-0.05, 0) is 36.6 Å². The van der Waals surface area contributed by atoms with E-state index in [4.69, 9.17) is 9.15 Å². The number of esters is 1. The Morgan fingerprint density at radius 3 is 2.68 bits per heavy atom. The molecule has 158 valence electrons. The van der Waals surface area contributed by atoms with E-state index in [-0.39, 0.29) is 31.9 Å². The third kappa shape index (κ3) is 3.99. The molecule has 0 atom stereocenters. The summed E-state index contributed by atoms with van der Waals surface area (Å²) in [5.41, 5.74) is 3.51. The van der Waals surface area contributed by atoms with Crippen LogP contribution in [0.1, 0.15) is 39.0 Å². The maximum Gasteiger partial charge on any atom is 0.336 e. The Hall–Kier alpha value is -3.74. The number of hydrogen-bond donors (Lipinski definition) is 0. The standard InChI is InChI=1S/C24H21NO6/c1-14-7-8-18-17(12-22(28)31-23(18)15(14)2)13-30-21(27)9-10-25-20(26)11-16-5-3-4-6-19(16)24(25)29/h3-8,12H,9-11,13H2,1-2H3. The Morgan fingerprint density at radius 2 is 1.87 bits per heavy atom. The zero-order valence-corrected chi connectivity index (χ0v) is 17.3. The van der Waals surface area contributed by atoms with E-state index < -0.39 is 17.5 Å². The summed E-state index contributed by atoms with van der Waals surface area (Å²) in [6.07, 6.45) is -0.00132. The van der Waals surface area contributed by atoms with Crippen molar-refractivity contribution in [3.63, 3.8) is 0 Å². The van der Waals surface area contributed by atoms with Gasteiger partial charge in [-0.1, -0.05) is 30.3 Å². The Kier molecular flexibility index (Phi) is 5.42. The Labute approximate surface area is 178 Å². The van der Waals surface area contributed by atoms with Gasteiger partial charge in [-0.3, -0.25) is 19.3 Å². The molecule has 0 N–H and O–H groups in total. The summed E-state index contributed by atoms with van der Waals surface area (Å²) in [4.78, 5) is 50.2. The molecule has 0 fully saturated rings. The van der Waals surface area contributed by atoms with Crippen molar-refractivity contribution in [2.45, 2.75) is 33.3 Å². The summed E-state index contributed by atoms with van der Waals surface area (Å²) in [5, 5.41) is 0.702. The lowest BCUT2D eigenvalue weighted by atomic mass is 9.98. The number of hydrogen-bond acceptors (Lipinski definition) is 6. The monoisotopic (exact) mass is 419 g/mol. The molecule has 0 aliphatic carbocycles. The predicted molar refractivity (Wildman–Crippen MR) is 113 cm³/mol. The molecule has 31 heavy (non-hydrogen) atoms. The van der Waals surface area contributed by atoms with E-state index >= 15 is 0 Å². The van der Waals surface area contributed by atoms with Gasteiger partial charge >= 0.3 is 11.6 Å². The van der Waals surface area contributed by atoms with E-state index in [2.05, 4.69) is 0 Å². The molecule has 0 unspecified atom stereocenters. The van der Waals surface area contributed by atoms with Crippen LogP contribution in [-0.4, -0.2) is 29.2 Å². The molecule has 2 amide bonds. The SMILES string of the molecule is Cc1ccc2c(COC(=O)CCN3C(=O)Cc4ccccc4C3=O)cc(=O)oc2c1C.